The van der Waals surface area contributed by atoms with E-state index in [0.717, 1.165) is 6.42 Å². The molecule has 0 bridgehead atoms. The van der Waals surface area contributed by atoms with Crippen LogP contribution in [0.1, 0.15) is 64.2 Å². The second kappa shape index (κ2) is 10.6. The fourth-order valence-electron chi connectivity index (χ4n) is 4.78. The first-order valence-corrected chi connectivity index (χ1v) is 13.6. The van der Waals surface area contributed by atoms with E-state index >= 15 is 0 Å². The van der Waals surface area contributed by atoms with Gasteiger partial charge in [-0.25, -0.2) is 8.42 Å². The summed E-state index contributed by atoms with van der Waals surface area (Å²) in [6, 6.07) is 6.51. The first-order chi connectivity index (χ1) is 15.5. The predicted octanol–water partition coefficient (Wildman–Crippen LogP) is 3.37. The highest BCUT2D eigenvalue weighted by Gasteiger charge is 2.33. The van der Waals surface area contributed by atoms with Gasteiger partial charge in [-0.3, -0.25) is 9.59 Å². The van der Waals surface area contributed by atoms with E-state index < -0.39 is 10.0 Å². The minimum absolute atomic E-state index is 0.0568. The number of amides is 2. The Hall–Kier alpha value is -1.93. The molecule has 2 amide bonds. The number of sulfonamides is 1. The number of hydrogen-bond donors (Lipinski definition) is 1. The van der Waals surface area contributed by atoms with E-state index in [1.54, 1.807) is 27.4 Å². The van der Waals surface area contributed by atoms with E-state index in [-0.39, 0.29) is 28.7 Å². The SMILES string of the molecule is CC1CC(C)CN(S(=O)(=O)c2cccc(C(=O)N3CCC(C(=O)NC(C)C(C)C)CC3)c2)C1. The highest BCUT2D eigenvalue weighted by atomic mass is 32.2. The summed E-state index contributed by atoms with van der Waals surface area (Å²) >= 11 is 0. The van der Waals surface area contributed by atoms with Crippen molar-refractivity contribution in [3.8, 4) is 0 Å². The molecule has 2 fully saturated rings. The van der Waals surface area contributed by atoms with Crippen molar-refractivity contribution in [3.63, 3.8) is 0 Å². The fraction of sp³-hybridized carbons (Fsp3) is 0.680. The van der Waals surface area contributed by atoms with Gasteiger partial charge in [-0.15, -0.1) is 0 Å². The molecule has 1 aromatic rings. The summed E-state index contributed by atoms with van der Waals surface area (Å²) in [4.78, 5) is 27.5. The summed E-state index contributed by atoms with van der Waals surface area (Å²) in [6.45, 7) is 12.3. The number of carbonyl (C=O) groups excluding carboxylic acids is 2. The third-order valence-corrected chi connectivity index (χ3v) is 8.90. The number of likely N-dealkylation sites (tertiary alicyclic amines) is 1. The van der Waals surface area contributed by atoms with Crippen LogP contribution in [0.2, 0.25) is 0 Å². The fourth-order valence-corrected chi connectivity index (χ4v) is 6.50. The summed E-state index contributed by atoms with van der Waals surface area (Å²) < 4.78 is 28.0. The zero-order chi connectivity index (χ0) is 24.3. The van der Waals surface area contributed by atoms with Gasteiger partial charge < -0.3 is 10.2 Å². The largest absolute Gasteiger partial charge is 0.353 e. The average Bonchev–Trinajstić information content (AvgIpc) is 2.78. The number of hydrogen-bond acceptors (Lipinski definition) is 4. The van der Waals surface area contributed by atoms with Crippen LogP contribution in [0.25, 0.3) is 0 Å². The van der Waals surface area contributed by atoms with Gasteiger partial charge in [-0.1, -0.05) is 33.8 Å². The molecule has 7 nitrogen and oxygen atoms in total. The van der Waals surface area contributed by atoms with Gasteiger partial charge in [0.25, 0.3) is 5.91 Å². The van der Waals surface area contributed by atoms with E-state index in [9.17, 15) is 18.0 Å². The standard InChI is InChI=1S/C25H39N3O4S/c1-17(2)20(5)26-24(29)21-9-11-27(12-10-21)25(30)22-7-6-8-23(14-22)33(31,32)28-15-18(3)13-19(4)16-28/h6-8,14,17-21H,9-13,15-16H2,1-5H3,(H,26,29). The van der Waals surface area contributed by atoms with Crippen molar-refractivity contribution in [3.05, 3.63) is 29.8 Å². The van der Waals surface area contributed by atoms with E-state index in [1.165, 1.54) is 6.07 Å². The molecular formula is C25H39N3O4S. The van der Waals surface area contributed by atoms with E-state index in [0.29, 0.717) is 62.3 Å². The minimum Gasteiger partial charge on any atom is -0.353 e. The molecule has 2 aliphatic rings. The van der Waals surface area contributed by atoms with Crippen molar-refractivity contribution in [1.29, 1.82) is 0 Å². The summed E-state index contributed by atoms with van der Waals surface area (Å²) in [6.07, 6.45) is 2.25. The predicted molar refractivity (Wildman–Crippen MR) is 129 cm³/mol. The molecule has 2 heterocycles. The Kier molecular flexibility index (Phi) is 8.22. The van der Waals surface area contributed by atoms with Gasteiger partial charge in [0.15, 0.2) is 0 Å². The maximum atomic E-state index is 13.2. The molecule has 3 rings (SSSR count). The average molecular weight is 478 g/mol. The van der Waals surface area contributed by atoms with Crippen molar-refractivity contribution in [2.45, 2.75) is 64.8 Å². The van der Waals surface area contributed by atoms with Crippen molar-refractivity contribution in [1.82, 2.24) is 14.5 Å². The molecule has 2 saturated heterocycles. The summed E-state index contributed by atoms with van der Waals surface area (Å²) in [7, 11) is -3.64. The molecule has 0 spiro atoms. The first kappa shape index (κ1) is 25.7. The number of nitrogens with one attached hydrogen (secondary N) is 1. The highest BCUT2D eigenvalue weighted by Crippen LogP contribution is 2.27. The van der Waals surface area contributed by atoms with Crippen LogP contribution >= 0.6 is 0 Å². The number of carbonyl (C=O) groups is 2. The molecule has 0 aromatic heterocycles. The van der Waals surface area contributed by atoms with Crippen LogP contribution < -0.4 is 5.32 Å². The van der Waals surface area contributed by atoms with E-state index in [2.05, 4.69) is 33.0 Å². The molecule has 3 unspecified atom stereocenters. The molecular weight excluding hydrogens is 438 g/mol. The molecule has 184 valence electrons. The first-order valence-electron chi connectivity index (χ1n) is 12.2. The van der Waals surface area contributed by atoms with Gasteiger partial charge in [0.2, 0.25) is 15.9 Å². The highest BCUT2D eigenvalue weighted by molar-refractivity contribution is 7.89. The quantitative estimate of drug-likeness (QED) is 0.681. The third-order valence-electron chi connectivity index (χ3n) is 7.08. The van der Waals surface area contributed by atoms with Gasteiger partial charge in [0.1, 0.15) is 0 Å². The zero-order valence-corrected chi connectivity index (χ0v) is 21.4. The van der Waals surface area contributed by atoms with Gasteiger partial charge in [-0.05, 0) is 62.1 Å². The molecule has 1 N–H and O–H groups in total. The van der Waals surface area contributed by atoms with Crippen LogP contribution in [-0.4, -0.2) is 61.7 Å². The number of benzene rings is 1. The third kappa shape index (κ3) is 6.15. The topological polar surface area (TPSA) is 86.8 Å². The lowest BCUT2D eigenvalue weighted by atomic mass is 9.94. The van der Waals surface area contributed by atoms with E-state index in [1.807, 2.05) is 6.92 Å². The van der Waals surface area contributed by atoms with Crippen LogP contribution in [0.4, 0.5) is 0 Å². The van der Waals surface area contributed by atoms with Crippen LogP contribution in [0.5, 0.6) is 0 Å². The molecule has 0 saturated carbocycles. The maximum Gasteiger partial charge on any atom is 0.253 e. The Labute approximate surface area is 199 Å². The Morgan fingerprint density at radius 1 is 1.03 bits per heavy atom. The summed E-state index contributed by atoms with van der Waals surface area (Å²) in [5, 5.41) is 3.07. The molecule has 1 aromatic carbocycles. The Balaban J connectivity index is 1.65. The lowest BCUT2D eigenvalue weighted by Gasteiger charge is -2.34. The number of piperidine rings is 2. The van der Waals surface area contributed by atoms with Crippen molar-refractivity contribution in [2.75, 3.05) is 26.2 Å². The van der Waals surface area contributed by atoms with Crippen LogP contribution in [0, 0.1) is 23.7 Å². The van der Waals surface area contributed by atoms with Crippen molar-refractivity contribution >= 4 is 21.8 Å². The molecule has 8 heteroatoms. The molecule has 0 aliphatic carbocycles. The molecule has 33 heavy (non-hydrogen) atoms. The van der Waals surface area contributed by atoms with Gasteiger partial charge in [0, 0.05) is 43.7 Å². The van der Waals surface area contributed by atoms with Gasteiger partial charge in [0.05, 0.1) is 4.90 Å². The lowest BCUT2D eigenvalue weighted by Crippen LogP contribution is -2.45. The van der Waals surface area contributed by atoms with Crippen LogP contribution in [-0.2, 0) is 14.8 Å². The maximum absolute atomic E-state index is 13.2. The smallest absolute Gasteiger partial charge is 0.253 e. The molecule has 3 atom stereocenters. The molecule has 2 aliphatic heterocycles. The van der Waals surface area contributed by atoms with Crippen LogP contribution in [0.15, 0.2) is 29.2 Å². The zero-order valence-electron chi connectivity index (χ0n) is 20.6. The second-order valence-corrected chi connectivity index (χ2v) is 12.3. The number of rotatable bonds is 6. The van der Waals surface area contributed by atoms with E-state index in [4.69, 9.17) is 0 Å². The monoisotopic (exact) mass is 477 g/mol. The minimum atomic E-state index is -3.64. The van der Waals surface area contributed by atoms with Crippen molar-refractivity contribution < 1.29 is 18.0 Å². The van der Waals surface area contributed by atoms with Crippen LogP contribution in [0.3, 0.4) is 0 Å². The lowest BCUT2D eigenvalue weighted by molar-refractivity contribution is -0.127. The Bertz CT molecular complexity index is 944. The van der Waals surface area contributed by atoms with Gasteiger partial charge >= 0.3 is 0 Å². The second-order valence-electron chi connectivity index (χ2n) is 10.4. The summed E-state index contributed by atoms with van der Waals surface area (Å²) in [5.74, 6) is 0.787. The van der Waals surface area contributed by atoms with Crippen molar-refractivity contribution in [2.24, 2.45) is 23.7 Å². The Morgan fingerprint density at radius 3 is 2.21 bits per heavy atom. The Morgan fingerprint density at radius 2 is 1.64 bits per heavy atom. The molecule has 0 radical (unpaired) electrons. The normalized spacial score (nSPS) is 24.0. The number of nitrogens with zero attached hydrogens (tertiary/aromatic N) is 2. The van der Waals surface area contributed by atoms with Gasteiger partial charge in [-0.2, -0.15) is 4.31 Å². The summed E-state index contributed by atoms with van der Waals surface area (Å²) in [5.41, 5.74) is 0.380.